The minimum absolute atomic E-state index is 0.0316. The number of benzene rings is 1. The van der Waals surface area contributed by atoms with Gasteiger partial charge in [0.15, 0.2) is 0 Å². The lowest BCUT2D eigenvalue weighted by molar-refractivity contribution is -0.135. The van der Waals surface area contributed by atoms with Gasteiger partial charge in [-0.3, -0.25) is 9.59 Å². The van der Waals surface area contributed by atoms with Crippen molar-refractivity contribution in [3.63, 3.8) is 0 Å². The molecular weight excluding hydrogens is 254 g/mol. The van der Waals surface area contributed by atoms with Gasteiger partial charge >= 0.3 is 0 Å². The molecule has 1 aromatic rings. The van der Waals surface area contributed by atoms with E-state index in [1.54, 1.807) is 12.0 Å². The summed E-state index contributed by atoms with van der Waals surface area (Å²) in [5, 5.41) is 0. The van der Waals surface area contributed by atoms with Gasteiger partial charge in [-0.25, -0.2) is 0 Å². The quantitative estimate of drug-likeness (QED) is 0.793. The summed E-state index contributed by atoms with van der Waals surface area (Å²) in [5.41, 5.74) is 1.27. The highest BCUT2D eigenvalue weighted by Crippen LogP contribution is 2.30. The molecule has 0 saturated carbocycles. The van der Waals surface area contributed by atoms with E-state index in [9.17, 15) is 9.59 Å². The number of methoxy groups -OCH3 is 1. The summed E-state index contributed by atoms with van der Waals surface area (Å²) in [6, 6.07) is 8.12. The number of piperidine rings is 1. The number of hydrogen-bond donors (Lipinski definition) is 0. The summed E-state index contributed by atoms with van der Waals surface area (Å²) in [4.78, 5) is 24.6. The van der Waals surface area contributed by atoms with E-state index in [1.807, 2.05) is 12.1 Å². The number of amides is 1. The normalized spacial score (nSPS) is 16.0. The van der Waals surface area contributed by atoms with Crippen LogP contribution in [0.5, 0.6) is 5.75 Å². The van der Waals surface area contributed by atoms with Crippen LogP contribution in [-0.2, 0) is 9.59 Å². The number of nitrogens with zero attached hydrogens (tertiary/aromatic N) is 1. The first-order chi connectivity index (χ1) is 9.60. The Kier molecular flexibility index (Phi) is 4.77. The minimum Gasteiger partial charge on any atom is -0.497 e. The van der Waals surface area contributed by atoms with Crippen molar-refractivity contribution in [1.29, 1.82) is 0 Å². The van der Waals surface area contributed by atoms with Crippen LogP contribution in [0.25, 0.3) is 0 Å². The van der Waals surface area contributed by atoms with Gasteiger partial charge in [-0.2, -0.15) is 0 Å². The Hall–Kier alpha value is -1.84. The zero-order chi connectivity index (χ0) is 14.5. The smallest absolute Gasteiger partial charge is 0.230 e. The van der Waals surface area contributed by atoms with Crippen molar-refractivity contribution < 1.29 is 14.3 Å². The molecule has 0 atom stereocenters. The number of hydrogen-bond acceptors (Lipinski definition) is 3. The Labute approximate surface area is 119 Å². The van der Waals surface area contributed by atoms with Gasteiger partial charge in [0.05, 0.1) is 13.5 Å². The molecule has 4 nitrogen and oxygen atoms in total. The number of rotatable bonds is 4. The lowest BCUT2D eigenvalue weighted by Gasteiger charge is -2.32. The Morgan fingerprint density at radius 1 is 1.30 bits per heavy atom. The van der Waals surface area contributed by atoms with Crippen LogP contribution in [0.1, 0.15) is 37.7 Å². The van der Waals surface area contributed by atoms with Crippen molar-refractivity contribution in [3.05, 3.63) is 29.8 Å². The fourth-order valence-electron chi connectivity index (χ4n) is 2.68. The fraction of sp³-hybridized carbons (Fsp3) is 0.500. The number of ether oxygens (including phenoxy) is 1. The lowest BCUT2D eigenvalue weighted by atomic mass is 9.89. The van der Waals surface area contributed by atoms with E-state index in [-0.39, 0.29) is 18.1 Å². The van der Waals surface area contributed by atoms with Crippen LogP contribution in [0.2, 0.25) is 0 Å². The molecule has 0 unspecified atom stereocenters. The molecule has 4 heteroatoms. The Bertz CT molecular complexity index is 490. The molecule has 108 valence electrons. The maximum absolute atomic E-state index is 11.8. The number of ketones is 1. The summed E-state index contributed by atoms with van der Waals surface area (Å²) in [6.07, 6.45) is 1.91. The van der Waals surface area contributed by atoms with Gasteiger partial charge in [-0.1, -0.05) is 12.1 Å². The van der Waals surface area contributed by atoms with Crippen molar-refractivity contribution in [1.82, 2.24) is 4.90 Å². The highest BCUT2D eigenvalue weighted by Gasteiger charge is 2.24. The van der Waals surface area contributed by atoms with Crippen molar-refractivity contribution in [2.24, 2.45) is 0 Å². The molecule has 1 saturated heterocycles. The third-order valence-electron chi connectivity index (χ3n) is 3.81. The number of carbonyl (C=O) groups excluding carboxylic acids is 2. The highest BCUT2D eigenvalue weighted by molar-refractivity contribution is 5.96. The molecule has 0 aliphatic carbocycles. The summed E-state index contributed by atoms with van der Waals surface area (Å²) in [7, 11) is 1.67. The van der Waals surface area contributed by atoms with Gasteiger partial charge in [0, 0.05) is 13.1 Å². The number of Topliss-reactive ketones (excluding diaryl/α,β-unsaturated/α-hetero) is 1. The van der Waals surface area contributed by atoms with Crippen molar-refractivity contribution in [3.8, 4) is 5.75 Å². The largest absolute Gasteiger partial charge is 0.497 e. The number of carbonyl (C=O) groups is 2. The average Bonchev–Trinajstić information content (AvgIpc) is 2.47. The van der Waals surface area contributed by atoms with E-state index in [1.165, 1.54) is 12.5 Å². The molecule has 1 aliphatic rings. The SMILES string of the molecule is COc1cccc(C2CCN(C(=O)CC(C)=O)CC2)c1. The highest BCUT2D eigenvalue weighted by atomic mass is 16.5. The molecule has 2 rings (SSSR count). The van der Waals surface area contributed by atoms with E-state index in [0.29, 0.717) is 5.92 Å². The van der Waals surface area contributed by atoms with E-state index in [4.69, 9.17) is 4.74 Å². The zero-order valence-electron chi connectivity index (χ0n) is 12.1. The fourth-order valence-corrected chi connectivity index (χ4v) is 2.68. The van der Waals surface area contributed by atoms with Gasteiger partial charge in [0.1, 0.15) is 11.5 Å². The third kappa shape index (κ3) is 3.59. The Balaban J connectivity index is 1.93. The molecule has 1 amide bonds. The second kappa shape index (κ2) is 6.55. The molecule has 0 N–H and O–H groups in total. The third-order valence-corrected chi connectivity index (χ3v) is 3.81. The van der Waals surface area contributed by atoms with Gasteiger partial charge in [-0.15, -0.1) is 0 Å². The summed E-state index contributed by atoms with van der Waals surface area (Å²) in [5.74, 6) is 1.23. The maximum Gasteiger partial charge on any atom is 0.230 e. The predicted molar refractivity (Wildman–Crippen MR) is 76.8 cm³/mol. The maximum atomic E-state index is 11.8. The van der Waals surface area contributed by atoms with Crippen LogP contribution in [-0.4, -0.2) is 36.8 Å². The van der Waals surface area contributed by atoms with Gasteiger partial charge in [0.25, 0.3) is 0 Å². The summed E-state index contributed by atoms with van der Waals surface area (Å²) >= 11 is 0. The second-order valence-corrected chi connectivity index (χ2v) is 5.31. The van der Waals surface area contributed by atoms with E-state index in [2.05, 4.69) is 12.1 Å². The van der Waals surface area contributed by atoms with Gasteiger partial charge < -0.3 is 9.64 Å². The molecule has 0 radical (unpaired) electrons. The van der Waals surface area contributed by atoms with Crippen LogP contribution in [0.4, 0.5) is 0 Å². The lowest BCUT2D eigenvalue weighted by Crippen LogP contribution is -2.38. The minimum atomic E-state index is -0.0649. The van der Waals surface area contributed by atoms with E-state index in [0.717, 1.165) is 31.7 Å². The first kappa shape index (κ1) is 14.6. The first-order valence-electron chi connectivity index (χ1n) is 7.01. The standard InChI is InChI=1S/C16H21NO3/c1-12(18)10-16(19)17-8-6-13(7-9-17)14-4-3-5-15(11-14)20-2/h3-5,11,13H,6-10H2,1-2H3. The van der Waals surface area contributed by atoms with E-state index >= 15 is 0 Å². The number of likely N-dealkylation sites (tertiary alicyclic amines) is 1. The summed E-state index contributed by atoms with van der Waals surface area (Å²) < 4.78 is 5.25. The van der Waals surface area contributed by atoms with Crippen molar-refractivity contribution in [2.75, 3.05) is 20.2 Å². The molecule has 1 aromatic carbocycles. The van der Waals surface area contributed by atoms with Gasteiger partial charge in [-0.05, 0) is 43.4 Å². The Morgan fingerprint density at radius 2 is 2.00 bits per heavy atom. The van der Waals surface area contributed by atoms with E-state index < -0.39 is 0 Å². The van der Waals surface area contributed by atoms with Crippen molar-refractivity contribution >= 4 is 11.7 Å². The molecule has 0 bridgehead atoms. The first-order valence-corrected chi connectivity index (χ1v) is 7.01. The average molecular weight is 275 g/mol. The van der Waals surface area contributed by atoms with Crippen LogP contribution in [0.3, 0.4) is 0 Å². The molecule has 0 spiro atoms. The van der Waals surface area contributed by atoms with Crippen molar-refractivity contribution in [2.45, 2.75) is 32.1 Å². The summed E-state index contributed by atoms with van der Waals surface area (Å²) in [6.45, 7) is 2.92. The monoisotopic (exact) mass is 275 g/mol. The van der Waals surface area contributed by atoms with Gasteiger partial charge in [0.2, 0.25) is 5.91 Å². The molecule has 1 fully saturated rings. The molecule has 0 aromatic heterocycles. The predicted octanol–water partition coefficient (Wildman–Crippen LogP) is 2.38. The van der Waals surface area contributed by atoms with Crippen LogP contribution in [0, 0.1) is 0 Å². The van der Waals surface area contributed by atoms with Crippen LogP contribution >= 0.6 is 0 Å². The van der Waals surface area contributed by atoms with Crippen LogP contribution in [0.15, 0.2) is 24.3 Å². The Morgan fingerprint density at radius 3 is 2.60 bits per heavy atom. The molecule has 1 aliphatic heterocycles. The molecular formula is C16H21NO3. The second-order valence-electron chi connectivity index (χ2n) is 5.31. The molecule has 1 heterocycles. The molecule has 20 heavy (non-hydrogen) atoms. The topological polar surface area (TPSA) is 46.6 Å². The van der Waals surface area contributed by atoms with Crippen LogP contribution < -0.4 is 4.74 Å². The zero-order valence-corrected chi connectivity index (χ0v) is 12.1.